The molecule has 1 rings (SSSR count). The second kappa shape index (κ2) is 6.51. The number of aromatic nitrogens is 1. The molecule has 1 heterocycles. The number of rotatable bonds is 7. The van der Waals surface area contributed by atoms with Crippen LogP contribution < -0.4 is 10.1 Å². The smallest absolute Gasteiger partial charge is 0.254 e. The van der Waals surface area contributed by atoms with E-state index in [0.29, 0.717) is 11.4 Å². The Balaban J connectivity index is 3.10. The van der Waals surface area contributed by atoms with Crippen LogP contribution >= 0.6 is 0 Å². The largest absolute Gasteiger partial charge is 0.346 e. The molecule has 0 aliphatic heterocycles. The van der Waals surface area contributed by atoms with Crippen molar-refractivity contribution in [1.82, 2.24) is 19.7 Å². The third-order valence-corrected chi connectivity index (χ3v) is 4.08. The van der Waals surface area contributed by atoms with E-state index in [9.17, 15) is 8.42 Å². The van der Waals surface area contributed by atoms with Gasteiger partial charge in [0.15, 0.2) is 0 Å². The summed E-state index contributed by atoms with van der Waals surface area (Å²) >= 11 is 0. The normalized spacial score (nSPS) is 12.6. The van der Waals surface area contributed by atoms with Gasteiger partial charge >= 0.3 is 0 Å². The van der Waals surface area contributed by atoms with Crippen LogP contribution in [0.1, 0.15) is 32.5 Å². The van der Waals surface area contributed by atoms with Crippen molar-refractivity contribution in [2.24, 2.45) is 0 Å². The van der Waals surface area contributed by atoms with Gasteiger partial charge in [-0.05, 0) is 26.5 Å². The van der Waals surface area contributed by atoms with Crippen LogP contribution in [0.15, 0.2) is 17.2 Å². The van der Waals surface area contributed by atoms with E-state index >= 15 is 0 Å². The van der Waals surface area contributed by atoms with Crippen molar-refractivity contribution in [2.45, 2.75) is 38.3 Å². The van der Waals surface area contributed by atoms with Crippen LogP contribution in [-0.4, -0.2) is 38.6 Å². The Morgan fingerprint density at radius 1 is 1.37 bits per heavy atom. The maximum absolute atomic E-state index is 12.1. The van der Waals surface area contributed by atoms with Crippen molar-refractivity contribution in [2.75, 3.05) is 20.6 Å². The topological polar surface area (TPSA) is 66.4 Å². The van der Waals surface area contributed by atoms with E-state index in [1.54, 1.807) is 26.4 Å². The summed E-state index contributed by atoms with van der Waals surface area (Å²) in [6, 6.07) is 1.94. The molecule has 0 fully saturated rings. The molecule has 19 heavy (non-hydrogen) atoms. The first-order valence-electron chi connectivity index (χ1n) is 6.39. The zero-order valence-corrected chi connectivity index (χ0v) is 13.1. The van der Waals surface area contributed by atoms with Crippen molar-refractivity contribution in [1.29, 1.82) is 0 Å². The third-order valence-electron chi connectivity index (χ3n) is 2.63. The fourth-order valence-electron chi connectivity index (χ4n) is 1.81. The molecular formula is C12H24N4O2S. The van der Waals surface area contributed by atoms with Crippen molar-refractivity contribution >= 4 is 10.0 Å². The molecule has 0 aromatic carbocycles. The number of hydrogen-bond acceptors (Lipinski definition) is 4. The number of nitrogens with one attached hydrogen (secondary N) is 2. The van der Waals surface area contributed by atoms with Crippen LogP contribution in [0.25, 0.3) is 0 Å². The van der Waals surface area contributed by atoms with Crippen molar-refractivity contribution in [3.63, 3.8) is 0 Å². The number of hydrazine groups is 1. The van der Waals surface area contributed by atoms with Crippen LogP contribution in [0.4, 0.5) is 0 Å². The fraction of sp³-hybridized carbons (Fsp3) is 0.667. The van der Waals surface area contributed by atoms with Gasteiger partial charge in [0.1, 0.15) is 4.90 Å². The predicted octanol–water partition coefficient (Wildman–Crippen LogP) is 0.933. The van der Waals surface area contributed by atoms with Gasteiger partial charge in [0.2, 0.25) is 0 Å². The van der Waals surface area contributed by atoms with Gasteiger partial charge in [0.25, 0.3) is 10.0 Å². The van der Waals surface area contributed by atoms with Crippen molar-refractivity contribution < 1.29 is 8.42 Å². The van der Waals surface area contributed by atoms with Gasteiger partial charge in [-0.3, -0.25) is 0 Å². The molecule has 0 spiro atoms. The Hall–Kier alpha value is -0.890. The molecule has 0 bridgehead atoms. The van der Waals surface area contributed by atoms with Gasteiger partial charge in [-0.15, -0.1) is 4.83 Å². The monoisotopic (exact) mass is 288 g/mol. The molecule has 2 N–H and O–H groups in total. The van der Waals surface area contributed by atoms with Crippen LogP contribution in [0.5, 0.6) is 0 Å². The summed E-state index contributed by atoms with van der Waals surface area (Å²) in [5.41, 5.74) is 0.969. The highest BCUT2D eigenvalue weighted by Gasteiger charge is 2.19. The third kappa shape index (κ3) is 4.31. The second-order valence-electron chi connectivity index (χ2n) is 4.94. The Morgan fingerprint density at radius 2 is 2.00 bits per heavy atom. The summed E-state index contributed by atoms with van der Waals surface area (Å²) in [6.45, 7) is 7.60. The molecule has 6 nitrogen and oxygen atoms in total. The zero-order chi connectivity index (χ0) is 14.6. The van der Waals surface area contributed by atoms with E-state index in [1.165, 1.54) is 5.01 Å². The highest BCUT2D eigenvalue weighted by Crippen LogP contribution is 2.18. The molecule has 0 atom stereocenters. The molecule has 1 aromatic heterocycles. The second-order valence-corrected chi connectivity index (χ2v) is 6.60. The van der Waals surface area contributed by atoms with Gasteiger partial charge in [-0.1, -0.05) is 6.92 Å². The van der Waals surface area contributed by atoms with E-state index in [1.807, 2.05) is 25.3 Å². The van der Waals surface area contributed by atoms with Gasteiger partial charge in [-0.25, -0.2) is 13.4 Å². The molecule has 0 aliphatic carbocycles. The molecule has 0 amide bonds. The lowest BCUT2D eigenvalue weighted by Gasteiger charge is -2.13. The van der Waals surface area contributed by atoms with Gasteiger partial charge < -0.3 is 9.88 Å². The first kappa shape index (κ1) is 16.2. The minimum Gasteiger partial charge on any atom is -0.346 e. The molecule has 0 aliphatic rings. The Morgan fingerprint density at radius 3 is 2.47 bits per heavy atom. The molecule has 0 saturated carbocycles. The standard InChI is InChI=1S/C12H24N4O2S/c1-6-13-8-11-7-12(9-16(11)10(2)3)19(17,18)14-15(4)5/h7,9-10,13-14H,6,8H2,1-5H3. The summed E-state index contributed by atoms with van der Waals surface area (Å²) < 4.78 is 26.2. The summed E-state index contributed by atoms with van der Waals surface area (Å²) in [5, 5.41) is 4.64. The quantitative estimate of drug-likeness (QED) is 0.733. The van der Waals surface area contributed by atoms with Gasteiger partial charge in [0, 0.05) is 38.6 Å². The molecule has 0 unspecified atom stereocenters. The van der Waals surface area contributed by atoms with E-state index in [-0.39, 0.29) is 6.04 Å². The lowest BCUT2D eigenvalue weighted by atomic mass is 10.3. The minimum absolute atomic E-state index is 0.219. The molecular weight excluding hydrogens is 264 g/mol. The van der Waals surface area contributed by atoms with Crippen LogP contribution in [0.3, 0.4) is 0 Å². The zero-order valence-electron chi connectivity index (χ0n) is 12.3. The Kier molecular flexibility index (Phi) is 5.54. The maximum Gasteiger partial charge on any atom is 0.254 e. The SMILES string of the molecule is CCNCc1cc(S(=O)(=O)NN(C)C)cn1C(C)C. The average Bonchev–Trinajstić information content (AvgIpc) is 2.69. The highest BCUT2D eigenvalue weighted by molar-refractivity contribution is 7.89. The first-order chi connectivity index (χ1) is 8.77. The summed E-state index contributed by atoms with van der Waals surface area (Å²) in [7, 11) is -0.194. The predicted molar refractivity (Wildman–Crippen MR) is 76.2 cm³/mol. The van der Waals surface area contributed by atoms with Gasteiger partial charge in [0.05, 0.1) is 0 Å². The van der Waals surface area contributed by atoms with Crippen molar-refractivity contribution in [3.05, 3.63) is 18.0 Å². The number of nitrogens with zero attached hydrogens (tertiary/aromatic N) is 2. The molecule has 0 saturated heterocycles. The van der Waals surface area contributed by atoms with Crippen LogP contribution in [0, 0.1) is 0 Å². The minimum atomic E-state index is -3.49. The van der Waals surface area contributed by atoms with Crippen molar-refractivity contribution in [3.8, 4) is 0 Å². The number of sulfonamides is 1. The summed E-state index contributed by atoms with van der Waals surface area (Å²) in [5.74, 6) is 0. The van der Waals surface area contributed by atoms with Crippen LogP contribution in [0.2, 0.25) is 0 Å². The van der Waals surface area contributed by atoms with E-state index in [4.69, 9.17) is 0 Å². The molecule has 110 valence electrons. The maximum atomic E-state index is 12.1. The molecule has 0 radical (unpaired) electrons. The lowest BCUT2D eigenvalue weighted by Crippen LogP contribution is -2.35. The van der Waals surface area contributed by atoms with Crippen LogP contribution in [-0.2, 0) is 16.6 Å². The summed E-state index contributed by atoms with van der Waals surface area (Å²) in [4.78, 5) is 2.74. The lowest BCUT2D eigenvalue weighted by molar-refractivity contribution is 0.364. The summed E-state index contributed by atoms with van der Waals surface area (Å²) in [6.07, 6.45) is 1.68. The molecule has 1 aromatic rings. The Bertz CT molecular complexity index is 506. The highest BCUT2D eigenvalue weighted by atomic mass is 32.2. The molecule has 7 heteroatoms. The number of hydrogen-bond donors (Lipinski definition) is 2. The average molecular weight is 288 g/mol. The van der Waals surface area contributed by atoms with Gasteiger partial charge in [-0.2, -0.15) is 0 Å². The van der Waals surface area contributed by atoms with E-state index in [0.717, 1.165) is 12.2 Å². The fourth-order valence-corrected chi connectivity index (χ4v) is 2.94. The Labute approximate surface area is 115 Å². The van der Waals surface area contributed by atoms with E-state index < -0.39 is 10.0 Å². The van der Waals surface area contributed by atoms with E-state index in [2.05, 4.69) is 10.1 Å². The first-order valence-corrected chi connectivity index (χ1v) is 7.87.